The maximum atomic E-state index is 2.69. The predicted molar refractivity (Wildman–Crippen MR) is 350 cm³/mol. The molecule has 14 aromatic carbocycles. The zero-order valence-electron chi connectivity index (χ0n) is 46.0. The van der Waals surface area contributed by atoms with Crippen LogP contribution in [0.4, 0.5) is 0 Å². The minimum Gasteiger partial charge on any atom is -0.310 e. The van der Waals surface area contributed by atoms with E-state index in [2.05, 4.69) is 284 Å². The van der Waals surface area contributed by atoms with Crippen molar-refractivity contribution in [2.75, 3.05) is 0 Å². The number of hydrogen-bond acceptors (Lipinski definition) is 0. The molecule has 3 aromatic heterocycles. The van der Waals surface area contributed by atoms with Crippen molar-refractivity contribution in [1.29, 1.82) is 0 Å². The molecule has 19 rings (SSSR count). The normalized spacial score (nSPS) is 13.3. The Morgan fingerprint density at radius 1 is 0.268 bits per heavy atom. The van der Waals surface area contributed by atoms with Crippen LogP contribution >= 0.6 is 0 Å². The average molecular weight is 1040 g/mol. The summed E-state index contributed by atoms with van der Waals surface area (Å²) in [5, 5.41) is 20.7. The van der Waals surface area contributed by atoms with E-state index in [0.717, 1.165) is 5.69 Å². The molecule has 382 valence electrons. The number of para-hydroxylation sites is 4. The molecule has 0 atom stereocenters. The van der Waals surface area contributed by atoms with Gasteiger partial charge in [0.1, 0.15) is 0 Å². The van der Waals surface area contributed by atoms with Crippen LogP contribution in [0.3, 0.4) is 0 Å². The predicted octanol–water partition coefficient (Wildman–Crippen LogP) is 18.0. The van der Waals surface area contributed by atoms with Crippen molar-refractivity contribution in [2.45, 2.75) is 38.5 Å². The molecule has 0 saturated carbocycles. The highest BCUT2D eigenvalue weighted by molar-refractivity contribution is 7.01. The summed E-state index contributed by atoms with van der Waals surface area (Å²) in [6.45, 7) is 9.48. The van der Waals surface area contributed by atoms with Crippen LogP contribution in [0.15, 0.2) is 243 Å². The Kier molecular flexibility index (Phi) is 8.49. The first kappa shape index (κ1) is 44.9. The third-order valence-corrected chi connectivity index (χ3v) is 20.1. The van der Waals surface area contributed by atoms with Crippen LogP contribution in [0, 0.1) is 0 Å². The summed E-state index contributed by atoms with van der Waals surface area (Å²) in [6.07, 6.45) is 0. The first-order valence-electron chi connectivity index (χ1n) is 29.1. The third-order valence-electron chi connectivity index (χ3n) is 20.1. The molecule has 0 N–H and O–H groups in total. The zero-order chi connectivity index (χ0) is 54.1. The molecule has 5 heterocycles. The SMILES string of the molecule is CC(C)(c1ccccc1)c1ccc2c(c1)c1cc(C(C)(C)c3ccccc3)ccc1n2-c1cc2c3ccccc3c3c4c5c(c6c7ccccc7c(c1)c2c36)-n1c2ccccc2c2cccc(c21)B5c1cccc2c3ccccc3n-4c12. The lowest BCUT2D eigenvalue weighted by Gasteiger charge is -2.36. The lowest BCUT2D eigenvalue weighted by Crippen LogP contribution is -2.59. The van der Waals surface area contributed by atoms with Crippen LogP contribution in [0.25, 0.3) is 136 Å². The van der Waals surface area contributed by atoms with Gasteiger partial charge in [0.25, 0.3) is 6.71 Å². The highest BCUT2D eigenvalue weighted by Crippen LogP contribution is 2.53. The van der Waals surface area contributed by atoms with Crippen molar-refractivity contribution in [1.82, 2.24) is 13.7 Å². The smallest absolute Gasteiger partial charge is 0.252 e. The minimum absolute atomic E-state index is 0.00457. The van der Waals surface area contributed by atoms with E-state index >= 15 is 0 Å². The zero-order valence-corrected chi connectivity index (χ0v) is 46.0. The number of rotatable bonds is 5. The molecule has 0 fully saturated rings. The van der Waals surface area contributed by atoms with Crippen LogP contribution < -0.4 is 16.4 Å². The fourth-order valence-electron chi connectivity index (χ4n) is 16.2. The van der Waals surface area contributed by atoms with Crippen molar-refractivity contribution in [2.24, 2.45) is 0 Å². The Hall–Kier alpha value is -9.90. The molecule has 4 heteroatoms. The molecule has 0 spiro atoms. The molecular weight excluding hydrogens is 990 g/mol. The second kappa shape index (κ2) is 15.5. The largest absolute Gasteiger partial charge is 0.310 e. The molecule has 2 aliphatic rings. The van der Waals surface area contributed by atoms with E-state index in [1.807, 2.05) is 0 Å². The van der Waals surface area contributed by atoms with Gasteiger partial charge >= 0.3 is 0 Å². The Morgan fingerprint density at radius 2 is 0.659 bits per heavy atom. The van der Waals surface area contributed by atoms with E-state index in [1.165, 1.54) is 169 Å². The molecule has 2 aliphatic heterocycles. The van der Waals surface area contributed by atoms with Gasteiger partial charge in [-0.25, -0.2) is 0 Å². The molecule has 0 saturated heterocycles. The molecule has 3 nitrogen and oxygen atoms in total. The number of benzene rings is 14. The second-order valence-corrected chi connectivity index (χ2v) is 24.6. The molecule has 0 radical (unpaired) electrons. The highest BCUT2D eigenvalue weighted by atomic mass is 15.0. The number of hydrogen-bond donors (Lipinski definition) is 0. The number of nitrogens with zero attached hydrogens (tertiary/aromatic N) is 3. The van der Waals surface area contributed by atoms with Crippen molar-refractivity contribution in [3.05, 3.63) is 265 Å². The second-order valence-electron chi connectivity index (χ2n) is 24.6. The van der Waals surface area contributed by atoms with Gasteiger partial charge in [0.15, 0.2) is 0 Å². The molecule has 17 aromatic rings. The Labute approximate surface area is 473 Å². The van der Waals surface area contributed by atoms with Crippen LogP contribution in [-0.4, -0.2) is 20.4 Å². The minimum atomic E-state index is -0.223. The maximum absolute atomic E-state index is 2.69. The van der Waals surface area contributed by atoms with E-state index in [-0.39, 0.29) is 17.5 Å². The van der Waals surface area contributed by atoms with E-state index in [9.17, 15) is 0 Å². The number of aromatic nitrogens is 3. The van der Waals surface area contributed by atoms with Gasteiger partial charge in [0, 0.05) is 76.0 Å². The lowest BCUT2D eigenvalue weighted by molar-refractivity contribution is 0.641. The summed E-state index contributed by atoms with van der Waals surface area (Å²) in [5.41, 5.74) is 20.2. The van der Waals surface area contributed by atoms with E-state index in [0.29, 0.717) is 0 Å². The van der Waals surface area contributed by atoms with E-state index in [4.69, 9.17) is 0 Å². The van der Waals surface area contributed by atoms with Crippen molar-refractivity contribution in [3.8, 4) is 17.1 Å². The van der Waals surface area contributed by atoms with Gasteiger partial charge in [-0.3, -0.25) is 0 Å². The fourth-order valence-corrected chi connectivity index (χ4v) is 16.2. The summed E-state index contributed by atoms with van der Waals surface area (Å²) in [7, 11) is 0. The van der Waals surface area contributed by atoms with Gasteiger partial charge in [0.2, 0.25) is 0 Å². The summed E-state index contributed by atoms with van der Waals surface area (Å²) >= 11 is 0. The summed E-state index contributed by atoms with van der Waals surface area (Å²) in [6, 6.07) is 92.9. The topological polar surface area (TPSA) is 14.8 Å². The molecule has 82 heavy (non-hydrogen) atoms. The Bertz CT molecular complexity index is 5350. The van der Waals surface area contributed by atoms with Gasteiger partial charge in [-0.05, 0) is 125 Å². The van der Waals surface area contributed by atoms with Crippen molar-refractivity contribution in [3.63, 3.8) is 0 Å². The molecular formula is C78H52BN3. The van der Waals surface area contributed by atoms with Gasteiger partial charge in [-0.1, -0.05) is 222 Å². The number of fused-ring (bicyclic) bond motifs is 21. The van der Waals surface area contributed by atoms with E-state index in [1.54, 1.807) is 0 Å². The molecule has 0 bridgehead atoms. The first-order chi connectivity index (χ1) is 40.3. The van der Waals surface area contributed by atoms with Crippen LogP contribution in [0.1, 0.15) is 49.9 Å². The fraction of sp³-hybridized carbons (Fsp3) is 0.0769. The summed E-state index contributed by atoms with van der Waals surface area (Å²) in [4.78, 5) is 0. The average Bonchev–Trinajstić information content (AvgIpc) is 1.40. The Morgan fingerprint density at radius 3 is 1.12 bits per heavy atom. The van der Waals surface area contributed by atoms with Crippen molar-refractivity contribution >= 4 is 142 Å². The van der Waals surface area contributed by atoms with Gasteiger partial charge in [-0.2, -0.15) is 0 Å². The van der Waals surface area contributed by atoms with Crippen LogP contribution in [0.2, 0.25) is 0 Å². The standard InChI is InChI=1S/C78H52BN3/c1-77(2,45-21-7-5-8-22-45)47-37-39-66-58(41-47)59-42-48(78(3,4)46-23-9-6-10-24-46)38-40-67(59)80(66)49-43-60-50-25-11-13-29-54(50)69-71-68(60)61(44-49)51-26-12-14-30-55(51)70(71)76-72-75(69)81-64-35-17-15-27-52(64)56-31-19-33-62(73(56)81)79(72)63-34-20-32-57-53-28-16-18-36-65(53)82(76)74(57)63/h5-44H,1-4H3. The maximum Gasteiger partial charge on any atom is 0.252 e. The lowest BCUT2D eigenvalue weighted by atomic mass is 9.34. The summed E-state index contributed by atoms with van der Waals surface area (Å²) in [5.74, 6) is 0. The van der Waals surface area contributed by atoms with Crippen LogP contribution in [-0.2, 0) is 10.8 Å². The monoisotopic (exact) mass is 1040 g/mol. The molecule has 0 aliphatic carbocycles. The molecule has 0 unspecified atom stereocenters. The van der Waals surface area contributed by atoms with Crippen LogP contribution in [0.5, 0.6) is 0 Å². The highest BCUT2D eigenvalue weighted by Gasteiger charge is 2.44. The first-order valence-corrected chi connectivity index (χ1v) is 29.1. The summed E-state index contributed by atoms with van der Waals surface area (Å²) < 4.78 is 7.96. The quantitative estimate of drug-likeness (QED) is 0.0927. The van der Waals surface area contributed by atoms with Gasteiger partial charge in [0.05, 0.1) is 33.4 Å². The Balaban J connectivity index is 0.999. The molecule has 0 amide bonds. The third kappa shape index (κ3) is 5.44. The van der Waals surface area contributed by atoms with E-state index < -0.39 is 0 Å². The van der Waals surface area contributed by atoms with Gasteiger partial charge in [-0.15, -0.1) is 0 Å². The van der Waals surface area contributed by atoms with Crippen molar-refractivity contribution < 1.29 is 0 Å². The van der Waals surface area contributed by atoms with Gasteiger partial charge < -0.3 is 13.7 Å².